The number of thiocarbonyl (C=S) groups is 1. The fraction of sp³-hybridized carbons (Fsp3) is 0.0625. The zero-order valence-electron chi connectivity index (χ0n) is 13.1. The molecule has 2 aromatic carbocycles. The first-order valence-electron chi connectivity index (χ1n) is 6.91. The smallest absolute Gasteiger partial charge is 0.337 e. The van der Waals surface area contributed by atoms with E-state index in [1.807, 2.05) is 0 Å². The van der Waals surface area contributed by atoms with Gasteiger partial charge in [0.1, 0.15) is 5.75 Å². The van der Waals surface area contributed by atoms with Gasteiger partial charge in [-0.2, -0.15) is 0 Å². The number of carbonyl (C=O) groups excluding carboxylic acids is 1. The van der Waals surface area contributed by atoms with Gasteiger partial charge in [0.25, 0.3) is 5.91 Å². The Bertz CT molecular complexity index is 905. The Kier molecular flexibility index (Phi) is 7.16. The minimum Gasteiger partial charge on any atom is -0.495 e. The van der Waals surface area contributed by atoms with Crippen LogP contribution in [0.5, 0.6) is 5.75 Å². The molecule has 2 rings (SSSR count). The van der Waals surface area contributed by atoms with Crippen molar-refractivity contribution in [2.75, 3.05) is 12.4 Å². The van der Waals surface area contributed by atoms with Crippen LogP contribution in [0.2, 0.25) is 0 Å². The zero-order valence-corrected chi connectivity index (χ0v) is 18.7. The van der Waals surface area contributed by atoms with Crippen LogP contribution in [0.15, 0.2) is 43.7 Å². The van der Waals surface area contributed by atoms with Crippen molar-refractivity contribution in [1.29, 1.82) is 0 Å². The number of halogens is 3. The van der Waals surface area contributed by atoms with Crippen molar-refractivity contribution in [1.82, 2.24) is 5.32 Å². The third kappa shape index (κ3) is 5.03. The monoisotopic (exact) mass is 564 g/mol. The second-order valence-electron chi connectivity index (χ2n) is 4.87. The Morgan fingerprint density at radius 1 is 1.08 bits per heavy atom. The van der Waals surface area contributed by atoms with Gasteiger partial charge in [0.2, 0.25) is 0 Å². The molecule has 0 aromatic heterocycles. The van der Waals surface area contributed by atoms with Crippen LogP contribution < -0.4 is 15.4 Å². The number of anilines is 1. The fourth-order valence-electron chi connectivity index (χ4n) is 2.06. The summed E-state index contributed by atoms with van der Waals surface area (Å²) in [5.41, 5.74) is 0.527. The van der Waals surface area contributed by atoms with Gasteiger partial charge >= 0.3 is 5.97 Å². The predicted octanol–water partition coefficient (Wildman–Crippen LogP) is 4.81. The number of rotatable bonds is 4. The highest BCUT2D eigenvalue weighted by Gasteiger charge is 2.18. The summed E-state index contributed by atoms with van der Waals surface area (Å²) in [4.78, 5) is 23.9. The quantitative estimate of drug-likeness (QED) is 0.461. The molecule has 0 fully saturated rings. The highest BCUT2D eigenvalue weighted by Crippen LogP contribution is 2.32. The molecule has 26 heavy (non-hydrogen) atoms. The van der Waals surface area contributed by atoms with E-state index in [0.717, 1.165) is 0 Å². The molecule has 0 heterocycles. The number of methoxy groups -OCH3 is 1. The van der Waals surface area contributed by atoms with Crippen molar-refractivity contribution in [2.24, 2.45) is 0 Å². The van der Waals surface area contributed by atoms with Crippen LogP contribution in [-0.2, 0) is 0 Å². The molecule has 0 spiro atoms. The van der Waals surface area contributed by atoms with Crippen molar-refractivity contribution in [3.8, 4) is 5.75 Å². The molecule has 0 radical (unpaired) electrons. The van der Waals surface area contributed by atoms with E-state index in [0.29, 0.717) is 19.2 Å². The molecule has 0 bridgehead atoms. The molecule has 0 aliphatic carbocycles. The fourth-order valence-corrected chi connectivity index (χ4v) is 4.01. The van der Waals surface area contributed by atoms with E-state index in [4.69, 9.17) is 17.0 Å². The number of carboxylic acid groups (broad SMARTS) is 1. The Morgan fingerprint density at radius 2 is 1.73 bits per heavy atom. The number of ether oxygens (including phenoxy) is 1. The average molecular weight is 567 g/mol. The molecule has 0 unspecified atom stereocenters. The Labute approximate surface area is 179 Å². The van der Waals surface area contributed by atoms with Crippen LogP contribution in [0.1, 0.15) is 20.7 Å². The Hall–Kier alpha value is -1.49. The molecule has 136 valence electrons. The van der Waals surface area contributed by atoms with Crippen LogP contribution in [0.4, 0.5) is 5.69 Å². The molecule has 0 aliphatic heterocycles. The second-order valence-corrected chi connectivity index (χ2v) is 7.97. The van der Waals surface area contributed by atoms with Crippen LogP contribution in [0.25, 0.3) is 0 Å². The van der Waals surface area contributed by atoms with E-state index in [-0.39, 0.29) is 21.9 Å². The average Bonchev–Trinajstić information content (AvgIpc) is 2.55. The third-order valence-electron chi connectivity index (χ3n) is 3.14. The molecule has 3 N–H and O–H groups in total. The van der Waals surface area contributed by atoms with E-state index in [1.54, 1.807) is 24.3 Å². The van der Waals surface area contributed by atoms with Crippen molar-refractivity contribution >= 4 is 82.7 Å². The standard InChI is InChI=1S/C16H11Br3N2O4S/c1-25-13-10(5-8(18)6-11(13)19)14(22)21-16(26)20-12-3-2-7(17)4-9(12)15(23)24/h2-6H,1H3,(H,23,24)(H2,20,21,22,26). The maximum Gasteiger partial charge on any atom is 0.337 e. The van der Waals surface area contributed by atoms with Crippen LogP contribution >= 0.6 is 60.0 Å². The molecule has 0 saturated heterocycles. The first kappa shape index (κ1) is 20.8. The maximum absolute atomic E-state index is 12.5. The lowest BCUT2D eigenvalue weighted by molar-refractivity contribution is 0.0697. The van der Waals surface area contributed by atoms with E-state index < -0.39 is 11.9 Å². The summed E-state index contributed by atoms with van der Waals surface area (Å²) in [6.45, 7) is 0. The minimum atomic E-state index is -1.12. The van der Waals surface area contributed by atoms with Gasteiger partial charge in [0.05, 0.1) is 28.4 Å². The molecule has 2 aromatic rings. The lowest BCUT2D eigenvalue weighted by atomic mass is 10.2. The van der Waals surface area contributed by atoms with Gasteiger partial charge in [-0.25, -0.2) is 4.79 Å². The lowest BCUT2D eigenvalue weighted by Crippen LogP contribution is -2.34. The summed E-state index contributed by atoms with van der Waals surface area (Å²) in [7, 11) is 1.45. The zero-order chi connectivity index (χ0) is 19.4. The number of amides is 1. The van der Waals surface area contributed by atoms with E-state index in [1.165, 1.54) is 13.2 Å². The summed E-state index contributed by atoms with van der Waals surface area (Å²) in [5, 5.41) is 14.5. The topological polar surface area (TPSA) is 87.7 Å². The molecular weight excluding hydrogens is 556 g/mol. The van der Waals surface area contributed by atoms with Gasteiger partial charge in [-0.3, -0.25) is 10.1 Å². The number of nitrogens with one attached hydrogen (secondary N) is 2. The number of carbonyl (C=O) groups is 2. The van der Waals surface area contributed by atoms with Gasteiger partial charge < -0.3 is 15.2 Å². The van der Waals surface area contributed by atoms with Crippen molar-refractivity contribution in [2.45, 2.75) is 0 Å². The summed E-state index contributed by atoms with van der Waals surface area (Å²) >= 11 is 15.0. The number of carboxylic acids is 1. The summed E-state index contributed by atoms with van der Waals surface area (Å²) in [5.74, 6) is -1.28. The summed E-state index contributed by atoms with van der Waals surface area (Å²) in [6.07, 6.45) is 0. The molecule has 1 amide bonds. The van der Waals surface area contributed by atoms with Crippen molar-refractivity contribution in [3.05, 3.63) is 54.9 Å². The van der Waals surface area contributed by atoms with Crippen LogP contribution in [-0.4, -0.2) is 29.2 Å². The molecule has 0 atom stereocenters. The number of hydrogen-bond acceptors (Lipinski definition) is 4. The van der Waals surface area contributed by atoms with Crippen molar-refractivity contribution < 1.29 is 19.4 Å². The van der Waals surface area contributed by atoms with E-state index >= 15 is 0 Å². The third-order valence-corrected chi connectivity index (χ3v) is 4.89. The van der Waals surface area contributed by atoms with Gasteiger partial charge in [0, 0.05) is 8.95 Å². The van der Waals surface area contributed by atoms with Gasteiger partial charge in [-0.1, -0.05) is 31.9 Å². The Balaban J connectivity index is 2.22. The summed E-state index contributed by atoms with van der Waals surface area (Å²) < 4.78 is 7.12. The second kappa shape index (κ2) is 8.94. The minimum absolute atomic E-state index is 0.0127. The normalized spacial score (nSPS) is 10.2. The van der Waals surface area contributed by atoms with Crippen molar-refractivity contribution in [3.63, 3.8) is 0 Å². The molecular formula is C16H11Br3N2O4S. The van der Waals surface area contributed by atoms with Crippen LogP contribution in [0, 0.1) is 0 Å². The van der Waals surface area contributed by atoms with E-state index in [9.17, 15) is 14.7 Å². The molecule has 0 saturated carbocycles. The lowest BCUT2D eigenvalue weighted by Gasteiger charge is -2.14. The summed E-state index contributed by atoms with van der Waals surface area (Å²) in [6, 6.07) is 7.97. The highest BCUT2D eigenvalue weighted by atomic mass is 79.9. The first-order chi connectivity index (χ1) is 12.2. The van der Waals surface area contributed by atoms with Crippen LogP contribution in [0.3, 0.4) is 0 Å². The number of aromatic carboxylic acids is 1. The predicted molar refractivity (Wildman–Crippen MR) is 113 cm³/mol. The van der Waals surface area contributed by atoms with Gasteiger partial charge in [-0.15, -0.1) is 0 Å². The van der Waals surface area contributed by atoms with Gasteiger partial charge in [0.15, 0.2) is 5.11 Å². The molecule has 10 heteroatoms. The van der Waals surface area contributed by atoms with Gasteiger partial charge in [-0.05, 0) is 58.5 Å². The maximum atomic E-state index is 12.5. The molecule has 6 nitrogen and oxygen atoms in total. The highest BCUT2D eigenvalue weighted by molar-refractivity contribution is 9.11. The SMILES string of the molecule is COc1c(Br)cc(Br)cc1C(=O)NC(=S)Nc1ccc(Br)cc1C(=O)O. The largest absolute Gasteiger partial charge is 0.495 e. The molecule has 0 aliphatic rings. The van der Waals surface area contributed by atoms with E-state index in [2.05, 4.69) is 58.4 Å². The first-order valence-corrected chi connectivity index (χ1v) is 9.70. The number of hydrogen-bond donors (Lipinski definition) is 3. The Morgan fingerprint density at radius 3 is 2.35 bits per heavy atom. The number of benzene rings is 2.